The fourth-order valence-electron chi connectivity index (χ4n) is 3.19. The van der Waals surface area contributed by atoms with Crippen LogP contribution in [-0.2, 0) is 4.79 Å². The van der Waals surface area contributed by atoms with Gasteiger partial charge in [-0.2, -0.15) is 0 Å². The van der Waals surface area contributed by atoms with E-state index in [0.29, 0.717) is 11.8 Å². The first-order valence-corrected chi connectivity index (χ1v) is 7.32. The second kappa shape index (κ2) is 5.80. The molecule has 5 nitrogen and oxygen atoms in total. The third-order valence-corrected chi connectivity index (χ3v) is 4.71. The Kier molecular flexibility index (Phi) is 4.32. The number of carbonyl (C=O) groups excluding carboxylic acids is 1. The Morgan fingerprint density at radius 3 is 2.42 bits per heavy atom. The quantitative estimate of drug-likeness (QED) is 0.713. The first kappa shape index (κ1) is 14.2. The van der Waals surface area contributed by atoms with Gasteiger partial charge in [0.1, 0.15) is 6.04 Å². The first-order chi connectivity index (χ1) is 9.02. The largest absolute Gasteiger partial charge is 0.480 e. The van der Waals surface area contributed by atoms with Gasteiger partial charge in [-0.1, -0.05) is 20.3 Å². The molecule has 0 bridgehead atoms. The minimum Gasteiger partial charge on any atom is -0.480 e. The van der Waals surface area contributed by atoms with Gasteiger partial charge in [0.25, 0.3) is 0 Å². The van der Waals surface area contributed by atoms with Crippen LogP contribution in [0.1, 0.15) is 46.0 Å². The molecule has 0 aliphatic heterocycles. The van der Waals surface area contributed by atoms with E-state index in [1.165, 1.54) is 0 Å². The van der Waals surface area contributed by atoms with Crippen molar-refractivity contribution in [3.8, 4) is 0 Å². The first-order valence-electron chi connectivity index (χ1n) is 7.32. The van der Waals surface area contributed by atoms with E-state index in [4.69, 9.17) is 5.11 Å². The number of carboxylic acids is 1. The molecule has 108 valence electrons. The zero-order valence-corrected chi connectivity index (χ0v) is 11.7. The number of carbonyl (C=O) groups is 2. The van der Waals surface area contributed by atoms with Gasteiger partial charge in [-0.25, -0.2) is 9.59 Å². The zero-order chi connectivity index (χ0) is 14.0. The molecular weight excluding hydrogens is 244 g/mol. The molecule has 0 aromatic rings. The summed E-state index contributed by atoms with van der Waals surface area (Å²) in [5.41, 5.74) is 0. The molecule has 0 spiro atoms. The number of hydrogen-bond donors (Lipinski definition) is 3. The molecule has 2 saturated carbocycles. The highest BCUT2D eigenvalue weighted by Gasteiger charge is 2.38. The number of nitrogens with one attached hydrogen (secondary N) is 2. The van der Waals surface area contributed by atoms with Crippen LogP contribution in [0.3, 0.4) is 0 Å². The molecular formula is C14H24N2O3. The monoisotopic (exact) mass is 268 g/mol. The second-order valence-electron chi connectivity index (χ2n) is 5.98. The van der Waals surface area contributed by atoms with Crippen LogP contribution in [-0.4, -0.2) is 29.2 Å². The number of urea groups is 1. The Morgan fingerprint density at radius 1 is 1.26 bits per heavy atom. The summed E-state index contributed by atoms with van der Waals surface area (Å²) < 4.78 is 0. The highest BCUT2D eigenvalue weighted by molar-refractivity contribution is 5.83. The standard InChI is InChI=1S/C14H24N2O3/c1-3-9-6-7-11(8(9)2)15-14(19)16-12(13(17)18)10-4-5-10/h8-12H,3-7H2,1-2H3,(H,17,18)(H2,15,16,19). The lowest BCUT2D eigenvalue weighted by Crippen LogP contribution is -2.50. The lowest BCUT2D eigenvalue weighted by atomic mass is 9.93. The van der Waals surface area contributed by atoms with E-state index in [0.717, 1.165) is 32.1 Å². The van der Waals surface area contributed by atoms with Crippen molar-refractivity contribution in [2.24, 2.45) is 17.8 Å². The van der Waals surface area contributed by atoms with E-state index in [9.17, 15) is 9.59 Å². The average Bonchev–Trinajstić information content (AvgIpc) is 3.13. The van der Waals surface area contributed by atoms with Crippen LogP contribution in [0.4, 0.5) is 4.79 Å². The Morgan fingerprint density at radius 2 is 1.95 bits per heavy atom. The molecule has 0 heterocycles. The Balaban J connectivity index is 1.82. The van der Waals surface area contributed by atoms with Crippen molar-refractivity contribution in [1.82, 2.24) is 10.6 Å². The topological polar surface area (TPSA) is 78.4 Å². The van der Waals surface area contributed by atoms with E-state index in [1.54, 1.807) is 0 Å². The van der Waals surface area contributed by atoms with E-state index >= 15 is 0 Å². The molecule has 2 amide bonds. The summed E-state index contributed by atoms with van der Waals surface area (Å²) in [5.74, 6) is 0.333. The highest BCUT2D eigenvalue weighted by Crippen LogP contribution is 2.34. The van der Waals surface area contributed by atoms with Crippen LogP contribution in [0, 0.1) is 17.8 Å². The summed E-state index contributed by atoms with van der Waals surface area (Å²) in [6, 6.07) is -0.870. The SMILES string of the molecule is CCC1CCC(NC(=O)NC(C(=O)O)C2CC2)C1C. The van der Waals surface area contributed by atoms with Crippen LogP contribution in [0.2, 0.25) is 0 Å². The van der Waals surface area contributed by atoms with Crippen molar-refractivity contribution in [2.45, 2.75) is 58.0 Å². The fraction of sp³-hybridized carbons (Fsp3) is 0.857. The van der Waals surface area contributed by atoms with Crippen LogP contribution in [0.5, 0.6) is 0 Å². The molecule has 2 aliphatic rings. The summed E-state index contributed by atoms with van der Waals surface area (Å²) in [4.78, 5) is 23.0. The van der Waals surface area contributed by atoms with Gasteiger partial charge in [0.2, 0.25) is 0 Å². The number of amides is 2. The predicted molar refractivity (Wildman–Crippen MR) is 71.8 cm³/mol. The second-order valence-corrected chi connectivity index (χ2v) is 5.98. The predicted octanol–water partition coefficient (Wildman–Crippen LogP) is 1.97. The highest BCUT2D eigenvalue weighted by atomic mass is 16.4. The average molecular weight is 268 g/mol. The summed E-state index contributed by atoms with van der Waals surface area (Å²) in [5, 5.41) is 14.6. The summed E-state index contributed by atoms with van der Waals surface area (Å²) in [6.45, 7) is 4.35. The van der Waals surface area contributed by atoms with Gasteiger partial charge in [-0.15, -0.1) is 0 Å². The molecule has 2 aliphatic carbocycles. The fourth-order valence-corrected chi connectivity index (χ4v) is 3.19. The lowest BCUT2D eigenvalue weighted by molar-refractivity contribution is -0.139. The molecule has 5 heteroatoms. The zero-order valence-electron chi connectivity index (χ0n) is 11.7. The summed E-state index contributed by atoms with van der Waals surface area (Å²) >= 11 is 0. The van der Waals surface area contributed by atoms with Crippen molar-refractivity contribution >= 4 is 12.0 Å². The van der Waals surface area contributed by atoms with Gasteiger partial charge in [0.05, 0.1) is 0 Å². The number of carboxylic acid groups (broad SMARTS) is 1. The summed E-state index contributed by atoms with van der Waals surface area (Å²) in [6.07, 6.45) is 5.08. The van der Waals surface area contributed by atoms with Crippen molar-refractivity contribution < 1.29 is 14.7 Å². The third-order valence-electron chi connectivity index (χ3n) is 4.71. The van der Waals surface area contributed by atoms with Gasteiger partial charge < -0.3 is 15.7 Å². The lowest BCUT2D eigenvalue weighted by Gasteiger charge is -2.22. The molecule has 0 radical (unpaired) electrons. The van der Waals surface area contributed by atoms with Crippen LogP contribution in [0.15, 0.2) is 0 Å². The van der Waals surface area contributed by atoms with Gasteiger partial charge >= 0.3 is 12.0 Å². The molecule has 4 unspecified atom stereocenters. The molecule has 2 fully saturated rings. The van der Waals surface area contributed by atoms with Crippen LogP contribution >= 0.6 is 0 Å². The van der Waals surface area contributed by atoms with Crippen molar-refractivity contribution in [2.75, 3.05) is 0 Å². The number of hydrogen-bond acceptors (Lipinski definition) is 2. The minimum absolute atomic E-state index is 0.118. The Hall–Kier alpha value is -1.26. The van der Waals surface area contributed by atoms with Crippen LogP contribution < -0.4 is 10.6 Å². The molecule has 0 aromatic heterocycles. The van der Waals surface area contributed by atoms with Gasteiger partial charge in [0.15, 0.2) is 0 Å². The van der Waals surface area contributed by atoms with Crippen molar-refractivity contribution in [1.29, 1.82) is 0 Å². The Bertz CT molecular complexity index is 355. The third kappa shape index (κ3) is 3.39. The van der Waals surface area contributed by atoms with E-state index in [2.05, 4.69) is 24.5 Å². The van der Waals surface area contributed by atoms with Crippen molar-refractivity contribution in [3.05, 3.63) is 0 Å². The van der Waals surface area contributed by atoms with Crippen molar-refractivity contribution in [3.63, 3.8) is 0 Å². The molecule has 4 atom stereocenters. The molecule has 3 N–H and O–H groups in total. The summed E-state index contributed by atoms with van der Waals surface area (Å²) in [7, 11) is 0. The minimum atomic E-state index is -0.927. The molecule has 2 rings (SSSR count). The van der Waals surface area contributed by atoms with Gasteiger partial charge in [-0.05, 0) is 43.4 Å². The molecule has 19 heavy (non-hydrogen) atoms. The maximum atomic E-state index is 11.9. The molecule has 0 saturated heterocycles. The van der Waals surface area contributed by atoms with E-state index in [-0.39, 0.29) is 18.0 Å². The number of aliphatic carboxylic acids is 1. The smallest absolute Gasteiger partial charge is 0.326 e. The maximum Gasteiger partial charge on any atom is 0.326 e. The Labute approximate surface area is 114 Å². The van der Waals surface area contributed by atoms with Gasteiger partial charge in [-0.3, -0.25) is 0 Å². The molecule has 0 aromatic carbocycles. The van der Waals surface area contributed by atoms with Gasteiger partial charge in [0, 0.05) is 6.04 Å². The van der Waals surface area contributed by atoms with E-state index < -0.39 is 12.0 Å². The van der Waals surface area contributed by atoms with E-state index in [1.807, 2.05) is 0 Å². The number of rotatable bonds is 5. The van der Waals surface area contributed by atoms with Crippen LogP contribution in [0.25, 0.3) is 0 Å². The maximum absolute atomic E-state index is 11.9. The normalized spacial score (nSPS) is 31.8.